The van der Waals surface area contributed by atoms with Gasteiger partial charge < -0.3 is 10.2 Å². The number of carbonyl (C=O) groups excluding carboxylic acids is 2. The van der Waals surface area contributed by atoms with Crippen molar-refractivity contribution >= 4 is 23.2 Å². The minimum atomic E-state index is -0.266. The maximum absolute atomic E-state index is 13.0. The lowest BCUT2D eigenvalue weighted by molar-refractivity contribution is 0.0983. The highest BCUT2D eigenvalue weighted by Crippen LogP contribution is 2.24. The Morgan fingerprint density at radius 3 is 2.38 bits per heavy atom. The molecule has 148 valence electrons. The average Bonchev–Trinajstić information content (AvgIpc) is 2.75. The molecular formula is C24H25N3O2. The Morgan fingerprint density at radius 2 is 1.69 bits per heavy atom. The van der Waals surface area contributed by atoms with Gasteiger partial charge in [0.2, 0.25) is 0 Å². The predicted molar refractivity (Wildman–Crippen MR) is 117 cm³/mol. The van der Waals surface area contributed by atoms with Crippen molar-refractivity contribution < 1.29 is 9.59 Å². The van der Waals surface area contributed by atoms with Gasteiger partial charge in [-0.05, 0) is 48.7 Å². The van der Waals surface area contributed by atoms with Crippen LogP contribution in [0.15, 0.2) is 72.9 Å². The highest BCUT2D eigenvalue weighted by atomic mass is 16.2. The fraction of sp³-hybridized carbons (Fsp3) is 0.208. The molecule has 0 radical (unpaired) electrons. The number of hydrogen-bond donors (Lipinski definition) is 1. The molecule has 0 unspecified atom stereocenters. The summed E-state index contributed by atoms with van der Waals surface area (Å²) in [6.07, 6.45) is 1.50. The van der Waals surface area contributed by atoms with Crippen LogP contribution in [0.3, 0.4) is 0 Å². The van der Waals surface area contributed by atoms with E-state index in [0.717, 1.165) is 16.9 Å². The Bertz CT molecular complexity index is 1000. The highest BCUT2D eigenvalue weighted by Gasteiger charge is 2.19. The fourth-order valence-corrected chi connectivity index (χ4v) is 3.19. The van der Waals surface area contributed by atoms with Gasteiger partial charge in [-0.2, -0.15) is 0 Å². The Balaban J connectivity index is 1.84. The lowest BCUT2D eigenvalue weighted by atomic mass is 10.0. The van der Waals surface area contributed by atoms with E-state index in [-0.39, 0.29) is 23.4 Å². The number of amides is 2. The maximum atomic E-state index is 13.0. The van der Waals surface area contributed by atoms with E-state index in [1.54, 1.807) is 17.0 Å². The SMILES string of the molecule is CCN(C(=O)c1cc(C(=O)Nc2ccccc2C(C)C)ccn1)c1ccccc1. The van der Waals surface area contributed by atoms with Crippen molar-refractivity contribution in [3.05, 3.63) is 89.7 Å². The minimum Gasteiger partial charge on any atom is -0.322 e. The molecule has 3 rings (SSSR count). The summed E-state index contributed by atoms with van der Waals surface area (Å²) in [6.45, 7) is 6.57. The molecule has 1 aromatic heterocycles. The standard InChI is InChI=1S/C24H25N3O2/c1-4-27(19-10-6-5-7-11-19)24(29)22-16-18(14-15-25-22)23(28)26-21-13-9-8-12-20(21)17(2)3/h5-17H,4H2,1-3H3,(H,26,28). The van der Waals surface area contributed by atoms with Crippen molar-refractivity contribution in [1.29, 1.82) is 0 Å². The third-order valence-electron chi connectivity index (χ3n) is 4.70. The molecular weight excluding hydrogens is 362 g/mol. The molecule has 2 aromatic carbocycles. The number of nitrogens with one attached hydrogen (secondary N) is 1. The van der Waals surface area contributed by atoms with Crippen molar-refractivity contribution in [2.24, 2.45) is 0 Å². The van der Waals surface area contributed by atoms with Crippen LogP contribution < -0.4 is 10.2 Å². The van der Waals surface area contributed by atoms with Gasteiger partial charge in [-0.25, -0.2) is 0 Å². The first-order valence-electron chi connectivity index (χ1n) is 9.74. The van der Waals surface area contributed by atoms with Gasteiger partial charge in [0.05, 0.1) is 0 Å². The van der Waals surface area contributed by atoms with Gasteiger partial charge in [0, 0.05) is 29.7 Å². The third kappa shape index (κ3) is 4.69. The van der Waals surface area contributed by atoms with Crippen molar-refractivity contribution in [2.75, 3.05) is 16.8 Å². The van der Waals surface area contributed by atoms with Gasteiger partial charge in [0.15, 0.2) is 0 Å². The quantitative estimate of drug-likeness (QED) is 0.638. The predicted octanol–water partition coefficient (Wildman–Crippen LogP) is 5.12. The number of aromatic nitrogens is 1. The summed E-state index contributed by atoms with van der Waals surface area (Å²) in [4.78, 5) is 31.6. The van der Waals surface area contributed by atoms with Crippen molar-refractivity contribution in [3.63, 3.8) is 0 Å². The monoisotopic (exact) mass is 387 g/mol. The van der Waals surface area contributed by atoms with E-state index >= 15 is 0 Å². The molecule has 0 spiro atoms. The summed E-state index contributed by atoms with van der Waals surface area (Å²) >= 11 is 0. The second-order valence-corrected chi connectivity index (χ2v) is 7.01. The van der Waals surface area contributed by atoms with E-state index in [1.165, 1.54) is 6.20 Å². The zero-order chi connectivity index (χ0) is 20.8. The molecule has 5 heteroatoms. The molecule has 0 atom stereocenters. The Hall–Kier alpha value is -3.47. The number of rotatable bonds is 6. The number of pyridine rings is 1. The van der Waals surface area contributed by atoms with Crippen LogP contribution in [0.4, 0.5) is 11.4 Å². The van der Waals surface area contributed by atoms with E-state index in [4.69, 9.17) is 0 Å². The largest absolute Gasteiger partial charge is 0.322 e. The number of para-hydroxylation sites is 2. The molecule has 0 bridgehead atoms. The van der Waals surface area contributed by atoms with Crippen molar-refractivity contribution in [1.82, 2.24) is 4.98 Å². The summed E-state index contributed by atoms with van der Waals surface area (Å²) in [5.41, 5.74) is 3.26. The molecule has 0 fully saturated rings. The van der Waals surface area contributed by atoms with Crippen LogP contribution in [0.2, 0.25) is 0 Å². The topological polar surface area (TPSA) is 62.3 Å². The molecule has 0 saturated carbocycles. The first-order chi connectivity index (χ1) is 14.0. The summed E-state index contributed by atoms with van der Waals surface area (Å²) in [5.74, 6) is -0.224. The number of nitrogens with zero attached hydrogens (tertiary/aromatic N) is 2. The van der Waals surface area contributed by atoms with Crippen LogP contribution >= 0.6 is 0 Å². The summed E-state index contributed by atoms with van der Waals surface area (Å²) < 4.78 is 0. The first-order valence-corrected chi connectivity index (χ1v) is 9.74. The van der Waals surface area contributed by atoms with Crippen molar-refractivity contribution in [3.8, 4) is 0 Å². The smallest absolute Gasteiger partial charge is 0.276 e. The molecule has 0 aliphatic carbocycles. The Labute approximate surface area is 171 Å². The zero-order valence-corrected chi connectivity index (χ0v) is 16.9. The lowest BCUT2D eigenvalue weighted by Crippen LogP contribution is -2.31. The van der Waals surface area contributed by atoms with E-state index in [0.29, 0.717) is 12.1 Å². The zero-order valence-electron chi connectivity index (χ0n) is 16.9. The number of benzene rings is 2. The van der Waals surface area contributed by atoms with Gasteiger partial charge in [-0.15, -0.1) is 0 Å². The molecule has 0 saturated heterocycles. The third-order valence-corrected chi connectivity index (χ3v) is 4.70. The van der Waals surface area contributed by atoms with E-state index in [1.807, 2.05) is 61.5 Å². The maximum Gasteiger partial charge on any atom is 0.276 e. The second kappa shape index (κ2) is 9.15. The van der Waals surface area contributed by atoms with E-state index in [9.17, 15) is 9.59 Å². The van der Waals surface area contributed by atoms with Crippen LogP contribution in [-0.4, -0.2) is 23.3 Å². The van der Waals surface area contributed by atoms with Crippen LogP contribution in [0.5, 0.6) is 0 Å². The van der Waals surface area contributed by atoms with Gasteiger partial charge in [0.25, 0.3) is 11.8 Å². The Kier molecular flexibility index (Phi) is 6.39. The summed E-state index contributed by atoms with van der Waals surface area (Å²) in [7, 11) is 0. The van der Waals surface area contributed by atoms with Crippen LogP contribution in [0, 0.1) is 0 Å². The van der Waals surface area contributed by atoms with Crippen LogP contribution in [0.1, 0.15) is 53.1 Å². The molecule has 1 N–H and O–H groups in total. The Morgan fingerprint density at radius 1 is 1.00 bits per heavy atom. The molecule has 2 amide bonds. The summed E-state index contributed by atoms with van der Waals surface area (Å²) in [6, 6.07) is 20.3. The minimum absolute atomic E-state index is 0.237. The van der Waals surface area contributed by atoms with Gasteiger partial charge in [-0.1, -0.05) is 50.2 Å². The number of carbonyl (C=O) groups is 2. The molecule has 3 aromatic rings. The molecule has 0 aliphatic heterocycles. The average molecular weight is 387 g/mol. The second-order valence-electron chi connectivity index (χ2n) is 7.01. The van der Waals surface area contributed by atoms with Gasteiger partial charge >= 0.3 is 0 Å². The number of hydrogen-bond acceptors (Lipinski definition) is 3. The first kappa shape index (κ1) is 20.3. The molecule has 5 nitrogen and oxygen atoms in total. The molecule has 0 aliphatic rings. The summed E-state index contributed by atoms with van der Waals surface area (Å²) in [5, 5.41) is 2.96. The fourth-order valence-electron chi connectivity index (χ4n) is 3.19. The van der Waals surface area contributed by atoms with Gasteiger partial charge in [-0.3, -0.25) is 14.6 Å². The molecule has 1 heterocycles. The van der Waals surface area contributed by atoms with Gasteiger partial charge in [0.1, 0.15) is 5.69 Å². The molecule has 29 heavy (non-hydrogen) atoms. The number of anilines is 2. The van der Waals surface area contributed by atoms with Crippen LogP contribution in [0.25, 0.3) is 0 Å². The van der Waals surface area contributed by atoms with E-state index in [2.05, 4.69) is 24.1 Å². The van der Waals surface area contributed by atoms with Crippen LogP contribution in [-0.2, 0) is 0 Å². The lowest BCUT2D eigenvalue weighted by Gasteiger charge is -2.20. The highest BCUT2D eigenvalue weighted by molar-refractivity contribution is 6.08. The van der Waals surface area contributed by atoms with Crippen molar-refractivity contribution in [2.45, 2.75) is 26.7 Å². The van der Waals surface area contributed by atoms with E-state index < -0.39 is 0 Å². The normalized spacial score (nSPS) is 10.6.